The maximum Gasteiger partial charge on any atom is 0.276 e. The first-order valence-corrected chi connectivity index (χ1v) is 11.3. The average Bonchev–Trinajstić information content (AvgIpc) is 3.53. The van der Waals surface area contributed by atoms with Crippen LogP contribution in [0, 0.1) is 36.8 Å². The molecule has 1 aromatic carbocycles. The van der Waals surface area contributed by atoms with Crippen molar-refractivity contribution in [1.29, 1.82) is 0 Å². The summed E-state index contributed by atoms with van der Waals surface area (Å²) in [4.78, 5) is 25.2. The molecule has 1 saturated carbocycles. The fraction of sp³-hybridized carbons (Fsp3) is 0.391. The third-order valence-corrected chi connectivity index (χ3v) is 7.45. The molecule has 184 valence electrons. The molecule has 0 spiro atoms. The van der Waals surface area contributed by atoms with Crippen molar-refractivity contribution in [2.24, 2.45) is 16.6 Å². The number of rotatable bonds is 6. The van der Waals surface area contributed by atoms with E-state index < -0.39 is 46.3 Å². The molecular formula is C23H21F4N5O2S. The van der Waals surface area contributed by atoms with Gasteiger partial charge in [-0.25, -0.2) is 27.5 Å². The highest BCUT2D eigenvalue weighted by molar-refractivity contribution is 8.15. The monoisotopic (exact) mass is 507 g/mol. The minimum Gasteiger partial charge on any atom is -0.460 e. The molecule has 1 aliphatic heterocycles. The van der Waals surface area contributed by atoms with Crippen molar-refractivity contribution >= 4 is 28.5 Å². The van der Waals surface area contributed by atoms with Crippen LogP contribution in [0.4, 0.5) is 23.2 Å². The first-order chi connectivity index (χ1) is 16.4. The number of alkyl halides is 2. The van der Waals surface area contributed by atoms with E-state index in [1.54, 1.807) is 6.92 Å². The second kappa shape index (κ2) is 8.71. The number of amidine groups is 1. The minimum atomic E-state index is -2.72. The fourth-order valence-electron chi connectivity index (χ4n) is 4.28. The number of carbonyl (C=O) groups is 1. The summed E-state index contributed by atoms with van der Waals surface area (Å²) in [6.07, 6.45) is 3.23. The largest absolute Gasteiger partial charge is 0.460 e. The SMILES string of the molecule is C#C[C@H](C)Oc1cnc(C(=O)Nc2cc(F)c(F)c([C@@]3(C)N=C(N)S[C@@]4(C(F)F)C[C@@H]34)c2)c(C)n1. The number of amides is 1. The third-order valence-electron chi connectivity index (χ3n) is 6.14. The van der Waals surface area contributed by atoms with E-state index in [9.17, 15) is 22.4 Å². The Hall–Kier alpha value is -3.33. The number of hydrogen-bond donors (Lipinski definition) is 2. The van der Waals surface area contributed by atoms with Crippen LogP contribution in [-0.4, -0.2) is 38.3 Å². The second-order valence-corrected chi connectivity index (χ2v) is 9.94. The number of aliphatic imine (C=N–C) groups is 1. The summed E-state index contributed by atoms with van der Waals surface area (Å²) in [5.74, 6) is -1.55. The molecule has 1 aliphatic carbocycles. The van der Waals surface area contributed by atoms with Gasteiger partial charge in [0, 0.05) is 23.2 Å². The Bertz CT molecular complexity index is 1280. The van der Waals surface area contributed by atoms with Gasteiger partial charge < -0.3 is 15.8 Å². The summed E-state index contributed by atoms with van der Waals surface area (Å²) in [6, 6.07) is 1.96. The van der Waals surface area contributed by atoms with Crippen LogP contribution < -0.4 is 15.8 Å². The Labute approximate surface area is 203 Å². The topological polar surface area (TPSA) is 102 Å². The molecule has 12 heteroatoms. The van der Waals surface area contributed by atoms with Gasteiger partial charge in [-0.1, -0.05) is 17.7 Å². The number of fused-ring (bicyclic) bond motifs is 1. The molecule has 2 aromatic rings. The number of nitrogens with two attached hydrogens (primary N) is 1. The van der Waals surface area contributed by atoms with Crippen molar-refractivity contribution < 1.29 is 27.1 Å². The second-order valence-electron chi connectivity index (χ2n) is 8.55. The highest BCUT2D eigenvalue weighted by atomic mass is 32.2. The maximum atomic E-state index is 14.9. The van der Waals surface area contributed by atoms with E-state index in [-0.39, 0.29) is 40.1 Å². The predicted molar refractivity (Wildman–Crippen MR) is 123 cm³/mol. The number of aromatic nitrogens is 2. The fourth-order valence-corrected chi connectivity index (χ4v) is 5.62. The molecule has 1 amide bonds. The lowest BCUT2D eigenvalue weighted by atomic mass is 9.85. The van der Waals surface area contributed by atoms with E-state index in [1.807, 2.05) is 0 Å². The Morgan fingerprint density at radius 2 is 2.11 bits per heavy atom. The summed E-state index contributed by atoms with van der Waals surface area (Å²) < 4.78 is 60.9. The Morgan fingerprint density at radius 3 is 2.74 bits per heavy atom. The number of benzene rings is 1. The number of hydrogen-bond acceptors (Lipinski definition) is 7. The van der Waals surface area contributed by atoms with Crippen LogP contribution in [0.5, 0.6) is 5.88 Å². The quantitative estimate of drug-likeness (QED) is 0.453. The van der Waals surface area contributed by atoms with Gasteiger partial charge in [0.05, 0.1) is 22.2 Å². The molecular weight excluding hydrogens is 486 g/mol. The first kappa shape index (κ1) is 24.8. The van der Waals surface area contributed by atoms with Gasteiger partial charge in [-0.15, -0.1) is 6.42 Å². The van der Waals surface area contributed by atoms with Crippen molar-refractivity contribution in [1.82, 2.24) is 9.97 Å². The predicted octanol–water partition coefficient (Wildman–Crippen LogP) is 4.02. The number of terminal acetylenes is 1. The highest BCUT2D eigenvalue weighted by Gasteiger charge is 2.71. The number of nitrogens with one attached hydrogen (secondary N) is 1. The van der Waals surface area contributed by atoms with Gasteiger partial charge >= 0.3 is 0 Å². The van der Waals surface area contributed by atoms with Gasteiger partial charge in [0.2, 0.25) is 5.88 Å². The van der Waals surface area contributed by atoms with Gasteiger partial charge in [0.1, 0.15) is 5.69 Å². The maximum absolute atomic E-state index is 14.9. The molecule has 0 bridgehead atoms. The van der Waals surface area contributed by atoms with Gasteiger partial charge in [-0.2, -0.15) is 0 Å². The molecule has 4 rings (SSSR count). The highest BCUT2D eigenvalue weighted by Crippen LogP contribution is 2.68. The van der Waals surface area contributed by atoms with E-state index in [4.69, 9.17) is 16.9 Å². The number of carbonyl (C=O) groups excluding carboxylic acids is 1. The number of thioether (sulfide) groups is 1. The molecule has 0 radical (unpaired) electrons. The number of ether oxygens (including phenoxy) is 1. The van der Waals surface area contributed by atoms with Gasteiger partial charge in [0.25, 0.3) is 12.3 Å². The molecule has 0 unspecified atom stereocenters. The summed E-state index contributed by atoms with van der Waals surface area (Å²) >= 11 is 0.753. The molecule has 4 atom stereocenters. The summed E-state index contributed by atoms with van der Waals surface area (Å²) in [7, 11) is 0. The molecule has 1 fully saturated rings. The zero-order chi connectivity index (χ0) is 25.7. The van der Waals surface area contributed by atoms with Gasteiger partial charge in [-0.05, 0) is 33.3 Å². The number of halogens is 4. The molecule has 35 heavy (non-hydrogen) atoms. The van der Waals surface area contributed by atoms with Crippen molar-refractivity contribution in [2.75, 3.05) is 5.32 Å². The number of aryl methyl sites for hydroxylation is 1. The third kappa shape index (κ3) is 4.29. The van der Waals surface area contributed by atoms with Gasteiger partial charge in [-0.3, -0.25) is 9.79 Å². The van der Waals surface area contributed by atoms with Crippen molar-refractivity contribution in [3.8, 4) is 18.2 Å². The summed E-state index contributed by atoms with van der Waals surface area (Å²) in [6.45, 7) is 4.58. The Morgan fingerprint density at radius 1 is 1.40 bits per heavy atom. The minimum absolute atomic E-state index is 0.0369. The average molecular weight is 508 g/mol. The zero-order valence-corrected chi connectivity index (χ0v) is 19.7. The van der Waals surface area contributed by atoms with E-state index in [0.717, 1.165) is 17.8 Å². The van der Waals surface area contributed by atoms with Crippen molar-refractivity contribution in [2.45, 2.75) is 50.0 Å². The lowest BCUT2D eigenvalue weighted by Gasteiger charge is -2.34. The van der Waals surface area contributed by atoms with Crippen molar-refractivity contribution in [3.63, 3.8) is 0 Å². The van der Waals surface area contributed by atoms with Crippen LogP contribution in [0.3, 0.4) is 0 Å². The smallest absolute Gasteiger partial charge is 0.276 e. The molecule has 3 N–H and O–H groups in total. The summed E-state index contributed by atoms with van der Waals surface area (Å²) in [5.41, 5.74) is 3.99. The number of anilines is 1. The summed E-state index contributed by atoms with van der Waals surface area (Å²) in [5, 5.41) is 2.32. The van der Waals surface area contributed by atoms with E-state index in [1.165, 1.54) is 26.1 Å². The first-order valence-electron chi connectivity index (χ1n) is 10.5. The van der Waals surface area contributed by atoms with Crippen LogP contribution in [0.2, 0.25) is 0 Å². The lowest BCUT2D eigenvalue weighted by Crippen LogP contribution is -2.39. The molecule has 1 aromatic heterocycles. The Kier molecular flexibility index (Phi) is 6.17. The van der Waals surface area contributed by atoms with Crippen LogP contribution >= 0.6 is 11.8 Å². The normalized spacial score (nSPS) is 25.8. The van der Waals surface area contributed by atoms with E-state index >= 15 is 0 Å². The zero-order valence-electron chi connectivity index (χ0n) is 18.9. The molecule has 7 nitrogen and oxygen atoms in total. The van der Waals surface area contributed by atoms with Crippen LogP contribution in [0.25, 0.3) is 0 Å². The van der Waals surface area contributed by atoms with E-state index in [0.29, 0.717) is 0 Å². The van der Waals surface area contributed by atoms with Crippen molar-refractivity contribution in [3.05, 3.63) is 46.9 Å². The Balaban J connectivity index is 1.64. The molecule has 2 aliphatic rings. The van der Waals surface area contributed by atoms with Crippen LogP contribution in [0.15, 0.2) is 23.3 Å². The standard InChI is InChI=1S/C23H21F4N5O2S/c1-5-10(2)34-16-9-29-18(11(3)30-16)19(33)31-12-6-13(17(25)14(24)7-12)22(4)15-8-23(15,20(26)27)35-21(28)32-22/h1,6-7,9-10,15,20H,8H2,2-4H3,(H2,28,32)(H,31,33)/t10-,15-,22+,23-/m0/s1. The van der Waals surface area contributed by atoms with Crippen LogP contribution in [0.1, 0.15) is 42.0 Å². The van der Waals surface area contributed by atoms with E-state index in [2.05, 4.69) is 26.2 Å². The molecule has 2 heterocycles. The molecule has 0 saturated heterocycles. The lowest BCUT2D eigenvalue weighted by molar-refractivity contribution is 0.102. The van der Waals surface area contributed by atoms with Crippen LogP contribution in [-0.2, 0) is 5.54 Å². The number of nitrogens with zero attached hydrogens (tertiary/aromatic N) is 3. The van der Waals surface area contributed by atoms with Gasteiger partial charge in [0.15, 0.2) is 22.9 Å².